The Morgan fingerprint density at radius 2 is 2.36 bits per heavy atom. The number of aryl methyl sites for hydroxylation is 1. The van der Waals surface area contributed by atoms with Crippen molar-refractivity contribution in [3.8, 4) is 6.07 Å². The zero-order chi connectivity index (χ0) is 9.97. The van der Waals surface area contributed by atoms with E-state index in [1.54, 1.807) is 6.08 Å². The summed E-state index contributed by atoms with van der Waals surface area (Å²) in [5.41, 5.74) is 4.74. The molecule has 1 N–H and O–H groups in total. The third-order valence-electron chi connectivity index (χ3n) is 2.47. The monoisotopic (exact) mass is 184 g/mol. The van der Waals surface area contributed by atoms with Gasteiger partial charge in [-0.1, -0.05) is 23.8 Å². The Hall–Kier alpha value is -1.75. The van der Waals surface area contributed by atoms with E-state index in [-0.39, 0.29) is 0 Å². The first-order valence-electron chi connectivity index (χ1n) is 4.75. The number of nitrogens with one attached hydrogen (secondary N) is 1. The molecule has 0 bridgehead atoms. The average molecular weight is 184 g/mol. The molecule has 0 spiro atoms. The lowest BCUT2D eigenvalue weighted by Gasteiger charge is -2.20. The fourth-order valence-electron chi connectivity index (χ4n) is 1.81. The van der Waals surface area contributed by atoms with Gasteiger partial charge in [-0.2, -0.15) is 5.26 Å². The van der Waals surface area contributed by atoms with E-state index >= 15 is 0 Å². The highest BCUT2D eigenvalue weighted by atomic mass is 14.9. The summed E-state index contributed by atoms with van der Waals surface area (Å²) in [5.74, 6) is 0. The van der Waals surface area contributed by atoms with Gasteiger partial charge >= 0.3 is 0 Å². The molecule has 1 heterocycles. The molecule has 2 rings (SSSR count). The maximum Gasteiger partial charge on any atom is 0.0933 e. The second-order valence-corrected chi connectivity index (χ2v) is 3.52. The number of nitrogens with zero attached hydrogens (tertiary/aromatic N) is 1. The van der Waals surface area contributed by atoms with E-state index < -0.39 is 0 Å². The second kappa shape index (κ2) is 3.55. The van der Waals surface area contributed by atoms with Crippen LogP contribution in [0.25, 0.3) is 5.70 Å². The third kappa shape index (κ3) is 1.49. The lowest BCUT2D eigenvalue weighted by molar-refractivity contribution is 0.813. The van der Waals surface area contributed by atoms with Crippen LogP contribution >= 0.6 is 0 Å². The first kappa shape index (κ1) is 8.83. The van der Waals surface area contributed by atoms with E-state index in [1.165, 1.54) is 16.7 Å². The Morgan fingerprint density at radius 3 is 3.14 bits per heavy atom. The van der Waals surface area contributed by atoms with Crippen LogP contribution in [0.4, 0.5) is 0 Å². The van der Waals surface area contributed by atoms with E-state index in [1.807, 2.05) is 0 Å². The van der Waals surface area contributed by atoms with Gasteiger partial charge in [0.15, 0.2) is 0 Å². The van der Waals surface area contributed by atoms with Crippen molar-refractivity contribution in [3.05, 3.63) is 41.0 Å². The highest BCUT2D eigenvalue weighted by Gasteiger charge is 2.12. The highest BCUT2D eigenvalue weighted by Crippen LogP contribution is 2.22. The minimum absolute atomic E-state index is 0.921. The van der Waals surface area contributed by atoms with Crippen LogP contribution in [-0.4, -0.2) is 6.54 Å². The molecule has 1 aliphatic heterocycles. The van der Waals surface area contributed by atoms with Crippen molar-refractivity contribution in [2.45, 2.75) is 13.3 Å². The first-order chi connectivity index (χ1) is 6.81. The predicted octanol–water partition coefficient (Wildman–Crippen LogP) is 2.01. The van der Waals surface area contributed by atoms with E-state index in [0.29, 0.717) is 0 Å². The van der Waals surface area contributed by atoms with Crippen LogP contribution in [0.2, 0.25) is 0 Å². The molecule has 1 aliphatic rings. The van der Waals surface area contributed by atoms with Crippen LogP contribution in [0.15, 0.2) is 24.3 Å². The predicted molar refractivity (Wildman–Crippen MR) is 56.5 cm³/mol. The van der Waals surface area contributed by atoms with Crippen LogP contribution in [0, 0.1) is 18.3 Å². The van der Waals surface area contributed by atoms with Gasteiger partial charge in [0.2, 0.25) is 0 Å². The van der Waals surface area contributed by atoms with Gasteiger partial charge in [-0.15, -0.1) is 0 Å². The van der Waals surface area contributed by atoms with Crippen molar-refractivity contribution in [2.75, 3.05) is 6.54 Å². The van der Waals surface area contributed by atoms with Crippen LogP contribution < -0.4 is 5.32 Å². The van der Waals surface area contributed by atoms with Gasteiger partial charge in [-0.3, -0.25) is 0 Å². The Bertz CT molecular complexity index is 424. The van der Waals surface area contributed by atoms with Crippen LogP contribution in [0.3, 0.4) is 0 Å². The Kier molecular flexibility index (Phi) is 2.24. The number of allylic oxidation sites excluding steroid dienone is 1. The summed E-state index contributed by atoms with van der Waals surface area (Å²) in [6.07, 6.45) is 2.62. The molecule has 0 amide bonds. The standard InChI is InChI=1S/C12H12N2/c1-9-2-3-11-10(8-9)5-7-14-12(11)4-6-13/h2-4,8,14H,5,7H2,1H3/b12-4+. The van der Waals surface area contributed by atoms with E-state index in [0.717, 1.165) is 18.7 Å². The lowest BCUT2D eigenvalue weighted by atomic mass is 9.96. The quantitative estimate of drug-likeness (QED) is 0.626. The van der Waals surface area contributed by atoms with Gasteiger partial charge in [0.05, 0.1) is 11.8 Å². The van der Waals surface area contributed by atoms with E-state index in [9.17, 15) is 0 Å². The minimum Gasteiger partial charge on any atom is -0.384 e. The highest BCUT2D eigenvalue weighted by molar-refractivity contribution is 5.70. The maximum absolute atomic E-state index is 8.63. The van der Waals surface area contributed by atoms with E-state index in [4.69, 9.17) is 5.26 Å². The molecule has 0 unspecified atom stereocenters. The number of nitriles is 1. The summed E-state index contributed by atoms with van der Waals surface area (Å²) in [7, 11) is 0. The largest absolute Gasteiger partial charge is 0.384 e. The van der Waals surface area contributed by atoms with Crippen molar-refractivity contribution < 1.29 is 0 Å². The van der Waals surface area contributed by atoms with Crippen molar-refractivity contribution in [3.63, 3.8) is 0 Å². The second-order valence-electron chi connectivity index (χ2n) is 3.52. The van der Waals surface area contributed by atoms with Crippen molar-refractivity contribution >= 4 is 5.70 Å². The van der Waals surface area contributed by atoms with Gasteiger partial charge in [0.25, 0.3) is 0 Å². The molecule has 0 atom stereocenters. The summed E-state index contributed by atoms with van der Waals surface area (Å²) >= 11 is 0. The number of benzene rings is 1. The molecule has 2 heteroatoms. The average Bonchev–Trinajstić information content (AvgIpc) is 2.18. The zero-order valence-electron chi connectivity index (χ0n) is 8.17. The molecule has 14 heavy (non-hydrogen) atoms. The Labute approximate surface area is 83.9 Å². The molecule has 0 aliphatic carbocycles. The molecule has 0 aromatic heterocycles. The maximum atomic E-state index is 8.63. The molecular formula is C12H12N2. The fraction of sp³-hybridized carbons (Fsp3) is 0.250. The van der Waals surface area contributed by atoms with Gasteiger partial charge in [-0.25, -0.2) is 0 Å². The topological polar surface area (TPSA) is 35.8 Å². The number of hydrogen-bond donors (Lipinski definition) is 1. The third-order valence-corrected chi connectivity index (χ3v) is 2.47. The van der Waals surface area contributed by atoms with Crippen LogP contribution in [-0.2, 0) is 6.42 Å². The van der Waals surface area contributed by atoms with Crippen molar-refractivity contribution in [1.29, 1.82) is 5.26 Å². The van der Waals surface area contributed by atoms with E-state index in [2.05, 4.69) is 36.5 Å². The van der Waals surface area contributed by atoms with Crippen molar-refractivity contribution in [1.82, 2.24) is 5.32 Å². The van der Waals surface area contributed by atoms with Crippen LogP contribution in [0.1, 0.15) is 16.7 Å². The minimum atomic E-state index is 0.921. The smallest absolute Gasteiger partial charge is 0.0933 e. The molecule has 1 aromatic rings. The summed E-state index contributed by atoms with van der Waals surface area (Å²) in [4.78, 5) is 0. The van der Waals surface area contributed by atoms with Crippen LogP contribution in [0.5, 0.6) is 0 Å². The molecule has 0 fully saturated rings. The summed E-state index contributed by atoms with van der Waals surface area (Å²) in [6, 6.07) is 8.43. The summed E-state index contributed by atoms with van der Waals surface area (Å²) < 4.78 is 0. The van der Waals surface area contributed by atoms with Gasteiger partial charge in [0.1, 0.15) is 0 Å². The Morgan fingerprint density at radius 1 is 1.50 bits per heavy atom. The summed E-state index contributed by atoms with van der Waals surface area (Å²) in [6.45, 7) is 3.01. The summed E-state index contributed by atoms with van der Waals surface area (Å²) in [5, 5.41) is 11.9. The normalized spacial score (nSPS) is 17.0. The molecule has 0 radical (unpaired) electrons. The molecule has 70 valence electrons. The number of hydrogen-bond acceptors (Lipinski definition) is 2. The lowest BCUT2D eigenvalue weighted by Crippen LogP contribution is -2.22. The SMILES string of the molecule is Cc1ccc2c(c1)CCN/C2=C/C#N. The van der Waals surface area contributed by atoms with Gasteiger partial charge in [0, 0.05) is 18.2 Å². The van der Waals surface area contributed by atoms with Gasteiger partial charge < -0.3 is 5.32 Å². The van der Waals surface area contributed by atoms with Gasteiger partial charge in [-0.05, 0) is 18.9 Å². The number of fused-ring (bicyclic) bond motifs is 1. The fourth-order valence-corrected chi connectivity index (χ4v) is 1.81. The zero-order valence-corrected chi connectivity index (χ0v) is 8.17. The first-order valence-corrected chi connectivity index (χ1v) is 4.75. The molecule has 1 aromatic carbocycles. The molecule has 0 saturated carbocycles. The number of rotatable bonds is 0. The molecule has 2 nitrogen and oxygen atoms in total. The molecular weight excluding hydrogens is 172 g/mol. The molecule has 0 saturated heterocycles. The van der Waals surface area contributed by atoms with Crippen molar-refractivity contribution in [2.24, 2.45) is 0 Å². The Balaban J connectivity index is 2.51.